The molecule has 0 aliphatic carbocycles. The van der Waals surface area contributed by atoms with E-state index in [9.17, 15) is 4.79 Å². The number of rotatable bonds is 11. The summed E-state index contributed by atoms with van der Waals surface area (Å²) in [7, 11) is 0. The molecule has 0 bridgehead atoms. The first-order valence-electron chi connectivity index (χ1n) is 8.72. The fourth-order valence-electron chi connectivity index (χ4n) is 2.69. The summed E-state index contributed by atoms with van der Waals surface area (Å²) in [6, 6.07) is 12.2. The van der Waals surface area contributed by atoms with E-state index in [0.29, 0.717) is 31.9 Å². The highest BCUT2D eigenvalue weighted by atomic mass is 32.2. The van der Waals surface area contributed by atoms with Crippen LogP contribution in [0.5, 0.6) is 0 Å². The SMILES string of the molecule is CCOC(Cn1cccc1C(=O)CCc1ccc(SC)cc1)OCC. The number of hydrogen-bond acceptors (Lipinski definition) is 4. The Bertz CT molecular complexity index is 645. The van der Waals surface area contributed by atoms with Crippen molar-refractivity contribution in [3.63, 3.8) is 0 Å². The van der Waals surface area contributed by atoms with Gasteiger partial charge < -0.3 is 14.0 Å². The molecule has 0 spiro atoms. The average molecular weight is 362 g/mol. The molecule has 5 heteroatoms. The first kappa shape index (κ1) is 19.8. The van der Waals surface area contributed by atoms with Crippen molar-refractivity contribution in [2.24, 2.45) is 0 Å². The quantitative estimate of drug-likeness (QED) is 0.337. The minimum absolute atomic E-state index is 0.144. The topological polar surface area (TPSA) is 40.5 Å². The largest absolute Gasteiger partial charge is 0.351 e. The van der Waals surface area contributed by atoms with Gasteiger partial charge in [0.2, 0.25) is 0 Å². The number of nitrogens with zero attached hydrogens (tertiary/aromatic N) is 1. The van der Waals surface area contributed by atoms with Crippen LogP contribution in [0, 0.1) is 0 Å². The highest BCUT2D eigenvalue weighted by molar-refractivity contribution is 7.98. The zero-order chi connectivity index (χ0) is 18.1. The lowest BCUT2D eigenvalue weighted by molar-refractivity contribution is -0.143. The number of aryl methyl sites for hydroxylation is 1. The summed E-state index contributed by atoms with van der Waals surface area (Å²) in [6.45, 7) is 5.58. The summed E-state index contributed by atoms with van der Waals surface area (Å²) < 4.78 is 13.1. The van der Waals surface area contributed by atoms with E-state index in [-0.39, 0.29) is 12.1 Å². The third-order valence-corrected chi connectivity index (χ3v) is 4.71. The van der Waals surface area contributed by atoms with Gasteiger partial charge in [-0.1, -0.05) is 12.1 Å². The third-order valence-electron chi connectivity index (χ3n) is 3.97. The van der Waals surface area contributed by atoms with Crippen LogP contribution in [0.3, 0.4) is 0 Å². The molecule has 0 N–H and O–H groups in total. The summed E-state index contributed by atoms with van der Waals surface area (Å²) in [6.07, 6.45) is 4.89. The van der Waals surface area contributed by atoms with E-state index in [4.69, 9.17) is 9.47 Å². The molecule has 0 radical (unpaired) electrons. The Balaban J connectivity index is 1.96. The maximum absolute atomic E-state index is 12.6. The zero-order valence-electron chi connectivity index (χ0n) is 15.2. The second-order valence-corrected chi connectivity index (χ2v) is 6.54. The molecule has 0 saturated carbocycles. The van der Waals surface area contributed by atoms with Gasteiger partial charge in [-0.05, 0) is 56.4 Å². The summed E-state index contributed by atoms with van der Waals surface area (Å²) in [5, 5.41) is 0. The first-order valence-corrected chi connectivity index (χ1v) is 9.94. The number of hydrogen-bond donors (Lipinski definition) is 0. The maximum atomic E-state index is 12.6. The number of Topliss-reactive ketones (excluding diaryl/α,β-unsaturated/α-hetero) is 1. The van der Waals surface area contributed by atoms with Crippen molar-refractivity contribution in [1.29, 1.82) is 0 Å². The van der Waals surface area contributed by atoms with Crippen LogP contribution in [0.2, 0.25) is 0 Å². The van der Waals surface area contributed by atoms with Crippen molar-refractivity contribution in [3.05, 3.63) is 53.9 Å². The van der Waals surface area contributed by atoms with E-state index < -0.39 is 0 Å². The average Bonchev–Trinajstić information content (AvgIpc) is 3.09. The Morgan fingerprint density at radius 3 is 2.40 bits per heavy atom. The van der Waals surface area contributed by atoms with E-state index in [1.54, 1.807) is 11.8 Å². The van der Waals surface area contributed by atoms with Crippen molar-refractivity contribution >= 4 is 17.5 Å². The van der Waals surface area contributed by atoms with Crippen molar-refractivity contribution in [2.45, 2.75) is 44.4 Å². The van der Waals surface area contributed by atoms with Crippen LogP contribution in [0.1, 0.15) is 36.3 Å². The van der Waals surface area contributed by atoms with Crippen LogP contribution >= 0.6 is 11.8 Å². The number of benzene rings is 1. The maximum Gasteiger partial charge on any atom is 0.179 e. The number of ketones is 1. The Labute approximate surface area is 154 Å². The molecule has 0 aliphatic heterocycles. The molecule has 25 heavy (non-hydrogen) atoms. The first-order chi connectivity index (χ1) is 12.2. The summed E-state index contributed by atoms with van der Waals surface area (Å²) in [5.74, 6) is 0.144. The number of carbonyl (C=O) groups excluding carboxylic acids is 1. The van der Waals surface area contributed by atoms with Crippen LogP contribution < -0.4 is 0 Å². The van der Waals surface area contributed by atoms with Gasteiger partial charge in [-0.3, -0.25) is 4.79 Å². The van der Waals surface area contributed by atoms with Crippen molar-refractivity contribution in [1.82, 2.24) is 4.57 Å². The zero-order valence-corrected chi connectivity index (χ0v) is 16.1. The number of aromatic nitrogens is 1. The molecule has 0 amide bonds. The molecule has 1 aromatic carbocycles. The minimum Gasteiger partial charge on any atom is -0.351 e. The molecule has 1 aromatic heterocycles. The van der Waals surface area contributed by atoms with E-state index in [1.807, 2.05) is 36.7 Å². The van der Waals surface area contributed by atoms with Gasteiger partial charge in [0.05, 0.1) is 12.2 Å². The molecule has 0 aliphatic rings. The van der Waals surface area contributed by atoms with Crippen LogP contribution in [0.25, 0.3) is 0 Å². The van der Waals surface area contributed by atoms with E-state index >= 15 is 0 Å². The fraction of sp³-hybridized carbons (Fsp3) is 0.450. The highest BCUT2D eigenvalue weighted by Crippen LogP contribution is 2.17. The van der Waals surface area contributed by atoms with Gasteiger partial charge >= 0.3 is 0 Å². The predicted octanol–water partition coefficient (Wildman–Crippen LogP) is 4.42. The normalized spacial score (nSPS) is 11.2. The Morgan fingerprint density at radius 1 is 1.12 bits per heavy atom. The lowest BCUT2D eigenvalue weighted by Gasteiger charge is -2.19. The molecule has 2 aromatic rings. The molecule has 0 fully saturated rings. The van der Waals surface area contributed by atoms with Gasteiger partial charge in [-0.15, -0.1) is 11.8 Å². The minimum atomic E-state index is -0.326. The Kier molecular flexibility index (Phi) is 8.25. The van der Waals surface area contributed by atoms with Gasteiger partial charge in [-0.2, -0.15) is 0 Å². The van der Waals surface area contributed by atoms with Crippen LogP contribution in [0.15, 0.2) is 47.5 Å². The molecule has 136 valence electrons. The van der Waals surface area contributed by atoms with Crippen LogP contribution in [-0.4, -0.2) is 36.1 Å². The number of thioether (sulfide) groups is 1. The lowest BCUT2D eigenvalue weighted by atomic mass is 10.1. The standard InChI is InChI=1S/C20H27NO3S/c1-4-23-20(24-5-2)15-21-14-6-7-18(21)19(22)13-10-16-8-11-17(25-3)12-9-16/h6-9,11-12,14,20H,4-5,10,13,15H2,1-3H3. The fourth-order valence-corrected chi connectivity index (χ4v) is 3.10. The third kappa shape index (κ3) is 6.03. The summed E-state index contributed by atoms with van der Waals surface area (Å²) in [5.41, 5.74) is 1.90. The smallest absolute Gasteiger partial charge is 0.179 e. The van der Waals surface area contributed by atoms with E-state index in [2.05, 4.69) is 30.5 Å². The molecule has 2 rings (SSSR count). The molecule has 0 saturated heterocycles. The molecular formula is C20H27NO3S. The van der Waals surface area contributed by atoms with E-state index in [1.165, 1.54) is 10.5 Å². The van der Waals surface area contributed by atoms with Crippen molar-refractivity contribution in [2.75, 3.05) is 19.5 Å². The second-order valence-electron chi connectivity index (χ2n) is 5.66. The summed E-state index contributed by atoms with van der Waals surface area (Å²) in [4.78, 5) is 13.9. The van der Waals surface area contributed by atoms with Crippen LogP contribution in [-0.2, 0) is 22.4 Å². The number of ether oxygens (including phenoxy) is 2. The van der Waals surface area contributed by atoms with Crippen molar-refractivity contribution in [3.8, 4) is 0 Å². The Morgan fingerprint density at radius 2 is 1.80 bits per heavy atom. The number of carbonyl (C=O) groups is 1. The van der Waals surface area contributed by atoms with Crippen molar-refractivity contribution < 1.29 is 14.3 Å². The molecular weight excluding hydrogens is 334 g/mol. The van der Waals surface area contributed by atoms with Gasteiger partial charge in [0, 0.05) is 30.7 Å². The van der Waals surface area contributed by atoms with Gasteiger partial charge in [0.1, 0.15) is 0 Å². The Hall–Kier alpha value is -1.56. The molecule has 0 atom stereocenters. The van der Waals surface area contributed by atoms with Gasteiger partial charge in [-0.25, -0.2) is 0 Å². The predicted molar refractivity (Wildman–Crippen MR) is 102 cm³/mol. The van der Waals surface area contributed by atoms with E-state index in [0.717, 1.165) is 6.42 Å². The highest BCUT2D eigenvalue weighted by Gasteiger charge is 2.15. The second kappa shape index (κ2) is 10.4. The molecule has 0 unspecified atom stereocenters. The van der Waals surface area contributed by atoms with Gasteiger partial charge in [0.15, 0.2) is 12.1 Å². The molecule has 1 heterocycles. The summed E-state index contributed by atoms with van der Waals surface area (Å²) >= 11 is 1.72. The van der Waals surface area contributed by atoms with Gasteiger partial charge in [0.25, 0.3) is 0 Å². The lowest BCUT2D eigenvalue weighted by Crippen LogP contribution is -2.25. The van der Waals surface area contributed by atoms with Crippen LogP contribution in [0.4, 0.5) is 0 Å². The molecule has 4 nitrogen and oxygen atoms in total. The monoisotopic (exact) mass is 361 g/mol.